The summed E-state index contributed by atoms with van der Waals surface area (Å²) in [4.78, 5) is 24.5. The van der Waals surface area contributed by atoms with Crippen LogP contribution in [0.4, 0.5) is 5.69 Å². The number of unbranched alkanes of at least 4 members (excludes halogenated alkanes) is 10. The molecule has 0 heterocycles. The maximum Gasteiger partial charge on any atom is 0.224 e. The zero-order valence-corrected chi connectivity index (χ0v) is 19.7. The van der Waals surface area contributed by atoms with Gasteiger partial charge in [0.25, 0.3) is 0 Å². The van der Waals surface area contributed by atoms with Gasteiger partial charge in [-0.15, -0.1) is 0 Å². The maximum atomic E-state index is 12.3. The third-order valence-electron chi connectivity index (χ3n) is 5.69. The second kappa shape index (κ2) is 16.0. The minimum absolute atomic E-state index is 0.0453. The molecule has 2 aromatic rings. The third-order valence-corrected chi connectivity index (χ3v) is 5.69. The Morgan fingerprint density at radius 3 is 1.88 bits per heavy atom. The number of rotatable bonds is 16. The number of benzene rings is 2. The maximum absolute atomic E-state index is 12.3. The first-order chi connectivity index (χ1) is 15.7. The molecule has 0 aliphatic carbocycles. The predicted molar refractivity (Wildman–Crippen MR) is 136 cm³/mol. The molecule has 0 aliphatic heterocycles. The second-order valence-electron chi connectivity index (χ2n) is 8.52. The largest absolute Gasteiger partial charge is 0.326 e. The predicted octanol–water partition coefficient (Wildman–Crippen LogP) is 8.22. The first kappa shape index (κ1) is 25.6. The van der Waals surface area contributed by atoms with Gasteiger partial charge in [-0.2, -0.15) is 0 Å². The minimum atomic E-state index is -0.0484. The molecule has 0 aliphatic rings. The summed E-state index contributed by atoms with van der Waals surface area (Å²) in [5.41, 5.74) is 2.34. The second-order valence-corrected chi connectivity index (χ2v) is 8.52. The summed E-state index contributed by atoms with van der Waals surface area (Å²) in [6.45, 7) is 2.26. The van der Waals surface area contributed by atoms with Crippen molar-refractivity contribution in [1.82, 2.24) is 0 Å². The van der Waals surface area contributed by atoms with Crippen LogP contribution >= 0.6 is 0 Å². The molecule has 3 heteroatoms. The normalized spacial score (nSPS) is 11.0. The van der Waals surface area contributed by atoms with Crippen molar-refractivity contribution in [2.75, 3.05) is 5.32 Å². The summed E-state index contributed by atoms with van der Waals surface area (Å²) < 4.78 is 0. The fourth-order valence-electron chi connectivity index (χ4n) is 3.72. The van der Waals surface area contributed by atoms with Gasteiger partial charge in [-0.05, 0) is 42.3 Å². The molecule has 0 atom stereocenters. The van der Waals surface area contributed by atoms with E-state index in [2.05, 4.69) is 12.2 Å². The summed E-state index contributed by atoms with van der Waals surface area (Å²) in [6.07, 6.45) is 18.0. The van der Waals surface area contributed by atoms with E-state index in [1.165, 1.54) is 57.8 Å². The van der Waals surface area contributed by atoms with Crippen molar-refractivity contribution in [2.45, 2.75) is 84.0 Å². The van der Waals surface area contributed by atoms with Gasteiger partial charge in [-0.1, -0.05) is 108 Å². The highest BCUT2D eigenvalue weighted by atomic mass is 16.1. The van der Waals surface area contributed by atoms with E-state index >= 15 is 0 Å². The van der Waals surface area contributed by atoms with Gasteiger partial charge in [0.2, 0.25) is 5.91 Å². The van der Waals surface area contributed by atoms with Crippen LogP contribution in [0, 0.1) is 0 Å². The summed E-state index contributed by atoms with van der Waals surface area (Å²) in [7, 11) is 0. The van der Waals surface area contributed by atoms with E-state index < -0.39 is 0 Å². The molecule has 0 saturated carbocycles. The van der Waals surface area contributed by atoms with Gasteiger partial charge in [0.05, 0.1) is 0 Å². The fourth-order valence-corrected chi connectivity index (χ4v) is 3.72. The van der Waals surface area contributed by atoms with Crippen LogP contribution in [0.15, 0.2) is 60.7 Å². The van der Waals surface area contributed by atoms with Crippen molar-refractivity contribution in [3.63, 3.8) is 0 Å². The van der Waals surface area contributed by atoms with Gasteiger partial charge >= 0.3 is 0 Å². The Balaban J connectivity index is 1.57. The molecule has 2 aromatic carbocycles. The van der Waals surface area contributed by atoms with Gasteiger partial charge < -0.3 is 5.32 Å². The van der Waals surface area contributed by atoms with Gasteiger partial charge in [-0.3, -0.25) is 9.59 Å². The number of carbonyl (C=O) groups excluding carboxylic acids is 2. The van der Waals surface area contributed by atoms with Gasteiger partial charge in [-0.25, -0.2) is 0 Å². The summed E-state index contributed by atoms with van der Waals surface area (Å²) in [5.74, 6) is -0.00309. The molecule has 1 amide bonds. The smallest absolute Gasteiger partial charge is 0.224 e. The van der Waals surface area contributed by atoms with Crippen molar-refractivity contribution >= 4 is 23.5 Å². The van der Waals surface area contributed by atoms with Crippen LogP contribution < -0.4 is 5.32 Å². The Morgan fingerprint density at radius 2 is 1.28 bits per heavy atom. The molecule has 3 nitrogen and oxygen atoms in total. The molecule has 32 heavy (non-hydrogen) atoms. The van der Waals surface area contributed by atoms with Crippen LogP contribution in [0.3, 0.4) is 0 Å². The van der Waals surface area contributed by atoms with Crippen molar-refractivity contribution < 1.29 is 9.59 Å². The van der Waals surface area contributed by atoms with Crippen LogP contribution in [-0.4, -0.2) is 11.7 Å². The Labute approximate surface area is 194 Å². The third kappa shape index (κ3) is 11.1. The van der Waals surface area contributed by atoms with Crippen LogP contribution in [0.5, 0.6) is 0 Å². The quantitative estimate of drug-likeness (QED) is 0.165. The lowest BCUT2D eigenvalue weighted by Crippen LogP contribution is -2.11. The number of hydrogen-bond donors (Lipinski definition) is 1. The highest BCUT2D eigenvalue weighted by Crippen LogP contribution is 2.14. The number of carbonyl (C=O) groups is 2. The highest BCUT2D eigenvalue weighted by molar-refractivity contribution is 6.07. The van der Waals surface area contributed by atoms with Gasteiger partial charge in [0.1, 0.15) is 0 Å². The number of amides is 1. The zero-order chi connectivity index (χ0) is 22.9. The zero-order valence-electron chi connectivity index (χ0n) is 19.7. The Bertz CT molecular complexity index is 809. The molecule has 1 N–H and O–H groups in total. The van der Waals surface area contributed by atoms with E-state index in [0.717, 1.165) is 24.1 Å². The highest BCUT2D eigenvalue weighted by Gasteiger charge is 2.05. The molecule has 0 saturated heterocycles. The van der Waals surface area contributed by atoms with Crippen LogP contribution in [0.2, 0.25) is 0 Å². The molecule has 0 spiro atoms. The van der Waals surface area contributed by atoms with E-state index in [1.807, 2.05) is 36.4 Å². The first-order valence-electron chi connectivity index (χ1n) is 12.4. The molecular weight excluding hydrogens is 394 g/mol. The molecule has 0 fully saturated rings. The lowest BCUT2D eigenvalue weighted by molar-refractivity contribution is -0.116. The molecular formula is C29H39NO2. The van der Waals surface area contributed by atoms with Crippen molar-refractivity contribution in [1.29, 1.82) is 0 Å². The van der Waals surface area contributed by atoms with Crippen molar-refractivity contribution in [2.24, 2.45) is 0 Å². The number of hydrogen-bond acceptors (Lipinski definition) is 2. The van der Waals surface area contributed by atoms with Gasteiger partial charge in [0, 0.05) is 17.7 Å². The van der Waals surface area contributed by atoms with E-state index in [1.54, 1.807) is 30.3 Å². The first-order valence-corrected chi connectivity index (χ1v) is 12.4. The lowest BCUT2D eigenvalue weighted by atomic mass is 10.1. The van der Waals surface area contributed by atoms with Gasteiger partial charge in [0.15, 0.2) is 5.78 Å². The topological polar surface area (TPSA) is 46.2 Å². The van der Waals surface area contributed by atoms with Crippen molar-refractivity contribution in [3.8, 4) is 0 Å². The van der Waals surface area contributed by atoms with E-state index in [9.17, 15) is 9.59 Å². The van der Waals surface area contributed by atoms with E-state index in [-0.39, 0.29) is 11.7 Å². The Morgan fingerprint density at radius 1 is 0.719 bits per heavy atom. The summed E-state index contributed by atoms with van der Waals surface area (Å²) in [5, 5.41) is 2.93. The number of allylic oxidation sites excluding steroid dienone is 1. The summed E-state index contributed by atoms with van der Waals surface area (Å²) in [6, 6.07) is 16.9. The Kier molecular flexibility index (Phi) is 12.8. The SMILES string of the molecule is CCCCCCCCCCCCCC(=O)Nc1ccc(C(=O)/C=C/c2ccccc2)cc1. The average molecular weight is 434 g/mol. The standard InChI is InChI=1S/C29H39NO2/c1-2-3-4-5-6-7-8-9-10-11-15-18-29(32)30-27-22-20-26(21-23-27)28(31)24-19-25-16-13-12-14-17-25/h12-14,16-17,19-24H,2-11,15,18H2,1H3,(H,30,32)/b24-19+. The monoisotopic (exact) mass is 433 g/mol. The summed E-state index contributed by atoms with van der Waals surface area (Å²) >= 11 is 0. The van der Waals surface area contributed by atoms with E-state index in [0.29, 0.717) is 12.0 Å². The van der Waals surface area contributed by atoms with E-state index in [4.69, 9.17) is 0 Å². The van der Waals surface area contributed by atoms with Crippen LogP contribution in [-0.2, 0) is 4.79 Å². The molecule has 0 aromatic heterocycles. The fraction of sp³-hybridized carbons (Fsp3) is 0.448. The molecule has 0 unspecified atom stereocenters. The Hall–Kier alpha value is -2.68. The number of ketones is 1. The average Bonchev–Trinajstić information content (AvgIpc) is 2.82. The number of anilines is 1. The molecule has 0 bridgehead atoms. The minimum Gasteiger partial charge on any atom is -0.326 e. The number of nitrogens with one attached hydrogen (secondary N) is 1. The molecule has 2 rings (SSSR count). The van der Waals surface area contributed by atoms with Crippen molar-refractivity contribution in [3.05, 3.63) is 71.8 Å². The lowest BCUT2D eigenvalue weighted by Gasteiger charge is -2.06. The molecule has 0 radical (unpaired) electrons. The van der Waals surface area contributed by atoms with Crippen LogP contribution in [0.1, 0.15) is 99.9 Å². The van der Waals surface area contributed by atoms with Crippen LogP contribution in [0.25, 0.3) is 6.08 Å². The molecule has 172 valence electrons.